The lowest BCUT2D eigenvalue weighted by Gasteiger charge is -2.36. The van der Waals surface area contributed by atoms with Gasteiger partial charge in [0.2, 0.25) is 0 Å². The third-order valence-corrected chi connectivity index (χ3v) is 4.87. The topological polar surface area (TPSA) is 21.3 Å². The Hall–Kier alpha value is -1.51. The molecule has 0 saturated carbocycles. The number of halogens is 1. The summed E-state index contributed by atoms with van der Waals surface area (Å²) in [6, 6.07) is 15.0. The van der Waals surface area contributed by atoms with Crippen molar-refractivity contribution in [2.75, 3.05) is 11.9 Å². The van der Waals surface area contributed by atoms with Crippen LogP contribution in [-0.4, -0.2) is 6.61 Å². The monoisotopic (exact) mass is 299 g/mol. The molecule has 21 heavy (non-hydrogen) atoms. The van der Waals surface area contributed by atoms with Crippen molar-refractivity contribution in [3.8, 4) is 0 Å². The Bertz CT molecular complexity index is 667. The molecule has 2 aliphatic heterocycles. The second-order valence-corrected chi connectivity index (χ2v) is 6.44. The van der Waals surface area contributed by atoms with E-state index in [1.165, 1.54) is 22.4 Å². The Morgan fingerprint density at radius 3 is 2.76 bits per heavy atom. The molecule has 3 atom stereocenters. The molecule has 1 fully saturated rings. The van der Waals surface area contributed by atoms with Crippen LogP contribution in [0.4, 0.5) is 5.69 Å². The molecule has 0 radical (unpaired) electrons. The second-order valence-electron chi connectivity index (χ2n) is 6.01. The van der Waals surface area contributed by atoms with E-state index in [4.69, 9.17) is 16.3 Å². The Labute approximate surface area is 130 Å². The number of fused-ring (bicyclic) bond motifs is 3. The summed E-state index contributed by atoms with van der Waals surface area (Å²) < 4.78 is 6.05. The molecule has 1 unspecified atom stereocenters. The summed E-state index contributed by atoms with van der Waals surface area (Å²) in [4.78, 5) is 0. The fraction of sp³-hybridized carbons (Fsp3) is 0.333. The fourth-order valence-corrected chi connectivity index (χ4v) is 3.72. The van der Waals surface area contributed by atoms with E-state index in [2.05, 4.69) is 42.6 Å². The highest BCUT2D eigenvalue weighted by molar-refractivity contribution is 6.30. The van der Waals surface area contributed by atoms with Crippen molar-refractivity contribution >= 4 is 17.3 Å². The lowest BCUT2D eigenvalue weighted by atomic mass is 9.80. The number of hydrogen-bond acceptors (Lipinski definition) is 2. The third-order valence-electron chi connectivity index (χ3n) is 4.62. The lowest BCUT2D eigenvalue weighted by molar-refractivity contribution is 0.0829. The molecular formula is C18H18ClNO. The van der Waals surface area contributed by atoms with E-state index in [9.17, 15) is 0 Å². The highest BCUT2D eigenvalue weighted by Gasteiger charge is 2.41. The summed E-state index contributed by atoms with van der Waals surface area (Å²) in [7, 11) is 0. The van der Waals surface area contributed by atoms with Crippen LogP contribution in [0, 0.1) is 12.8 Å². The van der Waals surface area contributed by atoms with E-state index < -0.39 is 0 Å². The molecule has 0 aliphatic carbocycles. The minimum absolute atomic E-state index is 0.210. The molecular weight excluding hydrogens is 282 g/mol. The van der Waals surface area contributed by atoms with Gasteiger partial charge in [-0.3, -0.25) is 0 Å². The number of anilines is 1. The van der Waals surface area contributed by atoms with Crippen LogP contribution >= 0.6 is 11.6 Å². The SMILES string of the molecule is Cc1ccc2c(c1)[C@H]1OCC[C@H]1C(c1ccc(Cl)cc1)N2. The van der Waals surface area contributed by atoms with Crippen LogP contribution in [0.2, 0.25) is 5.02 Å². The largest absolute Gasteiger partial charge is 0.378 e. The summed E-state index contributed by atoms with van der Waals surface area (Å²) in [6.45, 7) is 2.98. The van der Waals surface area contributed by atoms with E-state index in [-0.39, 0.29) is 6.10 Å². The Morgan fingerprint density at radius 2 is 1.95 bits per heavy atom. The summed E-state index contributed by atoms with van der Waals surface area (Å²) in [5, 5.41) is 4.49. The summed E-state index contributed by atoms with van der Waals surface area (Å²) in [5.41, 5.74) is 5.08. The van der Waals surface area contributed by atoms with Gasteiger partial charge in [-0.15, -0.1) is 0 Å². The van der Waals surface area contributed by atoms with E-state index in [1.807, 2.05) is 12.1 Å². The van der Waals surface area contributed by atoms with Gasteiger partial charge < -0.3 is 10.1 Å². The standard InChI is InChI=1S/C18H18ClNO/c1-11-2-7-16-15(10-11)18-14(8-9-21-18)17(20-16)12-3-5-13(19)6-4-12/h2-7,10,14,17-18,20H,8-9H2,1H3/t14-,17?,18-/m0/s1. The predicted octanol–water partition coefficient (Wildman–Crippen LogP) is 4.89. The zero-order valence-corrected chi connectivity index (χ0v) is 12.7. The highest BCUT2D eigenvalue weighted by atomic mass is 35.5. The minimum Gasteiger partial charge on any atom is -0.378 e. The molecule has 0 amide bonds. The van der Waals surface area contributed by atoms with Gasteiger partial charge in [0.05, 0.1) is 12.1 Å². The molecule has 2 aromatic rings. The molecule has 4 rings (SSSR count). The first kappa shape index (κ1) is 13.2. The second kappa shape index (κ2) is 5.04. The quantitative estimate of drug-likeness (QED) is 0.809. The van der Waals surface area contributed by atoms with Crippen molar-refractivity contribution < 1.29 is 4.74 Å². The number of rotatable bonds is 1. The van der Waals surface area contributed by atoms with E-state index in [0.29, 0.717) is 12.0 Å². The molecule has 0 aromatic heterocycles. The molecule has 0 bridgehead atoms. The Balaban J connectivity index is 1.77. The van der Waals surface area contributed by atoms with Gasteiger partial charge in [-0.2, -0.15) is 0 Å². The first-order chi connectivity index (χ1) is 10.2. The summed E-state index contributed by atoms with van der Waals surface area (Å²) in [5.74, 6) is 0.487. The van der Waals surface area contributed by atoms with Crippen molar-refractivity contribution in [2.45, 2.75) is 25.5 Å². The zero-order chi connectivity index (χ0) is 14.4. The van der Waals surface area contributed by atoms with Crippen molar-refractivity contribution in [1.82, 2.24) is 0 Å². The maximum atomic E-state index is 6.05. The molecule has 2 heterocycles. The van der Waals surface area contributed by atoms with Crippen molar-refractivity contribution in [3.63, 3.8) is 0 Å². The van der Waals surface area contributed by atoms with Gasteiger partial charge in [-0.25, -0.2) is 0 Å². The number of hydrogen-bond donors (Lipinski definition) is 1. The highest BCUT2D eigenvalue weighted by Crippen LogP contribution is 2.49. The number of ether oxygens (including phenoxy) is 1. The van der Waals surface area contributed by atoms with Gasteiger partial charge in [-0.05, 0) is 37.1 Å². The van der Waals surface area contributed by atoms with E-state index in [1.54, 1.807) is 0 Å². The van der Waals surface area contributed by atoms with Crippen molar-refractivity contribution in [3.05, 3.63) is 64.2 Å². The average Bonchev–Trinajstić information content (AvgIpc) is 2.97. The van der Waals surface area contributed by atoms with Crippen LogP contribution < -0.4 is 5.32 Å². The van der Waals surface area contributed by atoms with Crippen molar-refractivity contribution in [2.24, 2.45) is 5.92 Å². The fourth-order valence-electron chi connectivity index (χ4n) is 3.59. The maximum Gasteiger partial charge on any atom is 0.0896 e. The summed E-state index contributed by atoms with van der Waals surface area (Å²) >= 11 is 6.02. The average molecular weight is 300 g/mol. The maximum absolute atomic E-state index is 6.05. The molecule has 2 aliphatic rings. The minimum atomic E-state index is 0.210. The molecule has 2 nitrogen and oxygen atoms in total. The van der Waals surface area contributed by atoms with Crippen LogP contribution in [0.5, 0.6) is 0 Å². The van der Waals surface area contributed by atoms with Crippen LogP contribution in [0.25, 0.3) is 0 Å². The van der Waals surface area contributed by atoms with Crippen LogP contribution in [0.1, 0.15) is 35.3 Å². The summed E-state index contributed by atoms with van der Waals surface area (Å²) in [6.07, 6.45) is 1.31. The Morgan fingerprint density at radius 1 is 1.14 bits per heavy atom. The predicted molar refractivity (Wildman–Crippen MR) is 85.8 cm³/mol. The van der Waals surface area contributed by atoms with Crippen LogP contribution in [-0.2, 0) is 4.74 Å². The molecule has 108 valence electrons. The van der Waals surface area contributed by atoms with Gasteiger partial charge in [-0.1, -0.05) is 41.4 Å². The van der Waals surface area contributed by atoms with Gasteiger partial charge in [0.1, 0.15) is 0 Å². The van der Waals surface area contributed by atoms with Gasteiger partial charge in [0.15, 0.2) is 0 Å². The number of aryl methyl sites for hydroxylation is 1. The van der Waals surface area contributed by atoms with Gasteiger partial charge >= 0.3 is 0 Å². The molecule has 1 N–H and O–H groups in total. The number of nitrogens with one attached hydrogen (secondary N) is 1. The molecule has 3 heteroatoms. The first-order valence-electron chi connectivity index (χ1n) is 7.46. The van der Waals surface area contributed by atoms with E-state index in [0.717, 1.165) is 18.1 Å². The van der Waals surface area contributed by atoms with Gasteiger partial charge in [0, 0.05) is 28.8 Å². The lowest BCUT2D eigenvalue weighted by Crippen LogP contribution is -2.29. The van der Waals surface area contributed by atoms with E-state index >= 15 is 0 Å². The first-order valence-corrected chi connectivity index (χ1v) is 7.84. The number of benzene rings is 2. The molecule has 2 aromatic carbocycles. The Kier molecular flexibility index (Phi) is 3.16. The molecule has 1 saturated heterocycles. The normalized spacial score (nSPS) is 26.9. The smallest absolute Gasteiger partial charge is 0.0896 e. The van der Waals surface area contributed by atoms with Gasteiger partial charge in [0.25, 0.3) is 0 Å². The third kappa shape index (κ3) is 2.23. The van der Waals surface area contributed by atoms with Crippen molar-refractivity contribution in [1.29, 1.82) is 0 Å². The molecule has 0 spiro atoms. The zero-order valence-electron chi connectivity index (χ0n) is 12.0. The van der Waals surface area contributed by atoms with Crippen LogP contribution in [0.15, 0.2) is 42.5 Å². The van der Waals surface area contributed by atoms with Crippen LogP contribution in [0.3, 0.4) is 0 Å².